The minimum Gasteiger partial charge on any atom is -0.497 e. The molecule has 0 aliphatic heterocycles. The highest BCUT2D eigenvalue weighted by molar-refractivity contribution is 5.91. The fourth-order valence-electron chi connectivity index (χ4n) is 3.59. The summed E-state index contributed by atoms with van der Waals surface area (Å²) in [5.41, 5.74) is 2.49. The number of furan rings is 1. The molecule has 4 rings (SSSR count). The lowest BCUT2D eigenvalue weighted by Gasteiger charge is -2.21. The number of benzene rings is 2. The molecule has 0 aliphatic carbocycles. The van der Waals surface area contributed by atoms with Gasteiger partial charge < -0.3 is 18.8 Å². The molecule has 1 amide bonds. The van der Waals surface area contributed by atoms with Crippen LogP contribution in [0.1, 0.15) is 35.2 Å². The fourth-order valence-corrected chi connectivity index (χ4v) is 3.59. The molecule has 0 bridgehead atoms. The third kappa shape index (κ3) is 4.92. The molecule has 4 aromatic rings. The van der Waals surface area contributed by atoms with Crippen molar-refractivity contribution < 1.29 is 18.7 Å². The molecule has 0 N–H and O–H groups in total. The van der Waals surface area contributed by atoms with Gasteiger partial charge in [-0.3, -0.25) is 4.79 Å². The summed E-state index contributed by atoms with van der Waals surface area (Å²) in [6.07, 6.45) is 2.32. The molecule has 0 spiro atoms. The van der Waals surface area contributed by atoms with Crippen LogP contribution in [0.2, 0.25) is 0 Å². The maximum absolute atomic E-state index is 13.1. The Kier molecular flexibility index (Phi) is 6.78. The van der Waals surface area contributed by atoms with Crippen LogP contribution in [-0.2, 0) is 6.54 Å². The Morgan fingerprint density at radius 2 is 1.76 bits per heavy atom. The number of rotatable bonds is 9. The number of aromatic nitrogens is 2. The molecule has 0 radical (unpaired) electrons. The van der Waals surface area contributed by atoms with E-state index in [1.807, 2.05) is 68.4 Å². The van der Waals surface area contributed by atoms with E-state index >= 15 is 0 Å². The first-order valence-electron chi connectivity index (χ1n) is 10.9. The van der Waals surface area contributed by atoms with Crippen molar-refractivity contribution in [2.75, 3.05) is 13.7 Å². The Balaban J connectivity index is 1.74. The van der Waals surface area contributed by atoms with Crippen molar-refractivity contribution in [1.29, 1.82) is 0 Å². The summed E-state index contributed by atoms with van der Waals surface area (Å²) in [5.74, 6) is 2.11. The number of para-hydroxylation sites is 1. The van der Waals surface area contributed by atoms with Crippen LogP contribution in [0.15, 0.2) is 77.4 Å². The van der Waals surface area contributed by atoms with Gasteiger partial charge in [-0.2, -0.15) is 5.10 Å². The normalized spacial score (nSPS) is 10.8. The summed E-state index contributed by atoms with van der Waals surface area (Å²) >= 11 is 0. The van der Waals surface area contributed by atoms with Crippen LogP contribution in [0.5, 0.6) is 17.4 Å². The van der Waals surface area contributed by atoms with Crippen LogP contribution >= 0.6 is 0 Å². The standard InChI is InChI=1S/C26H27N3O4/c1-4-16-28(25(30)24-11-8-17-32-24)18-23-19(2)27-29(20-9-6-5-7-10-20)26(23)33-22-14-12-21(31-3)13-15-22/h5-15,17H,4,16,18H2,1-3H3. The van der Waals surface area contributed by atoms with Gasteiger partial charge in [0.1, 0.15) is 11.5 Å². The average Bonchev–Trinajstić information content (AvgIpc) is 3.49. The van der Waals surface area contributed by atoms with Gasteiger partial charge in [-0.25, -0.2) is 4.68 Å². The van der Waals surface area contributed by atoms with Crippen molar-refractivity contribution in [3.63, 3.8) is 0 Å². The number of amides is 1. The SMILES string of the molecule is CCCN(Cc1c(C)nn(-c2ccccc2)c1Oc1ccc(OC)cc1)C(=O)c1ccco1. The van der Waals surface area contributed by atoms with Crippen LogP contribution in [-0.4, -0.2) is 34.2 Å². The maximum Gasteiger partial charge on any atom is 0.289 e. The Morgan fingerprint density at radius 1 is 1.03 bits per heavy atom. The second kappa shape index (κ2) is 10.1. The van der Waals surface area contributed by atoms with E-state index in [1.54, 1.807) is 28.8 Å². The summed E-state index contributed by atoms with van der Waals surface area (Å²) in [6.45, 7) is 4.89. The van der Waals surface area contributed by atoms with Crippen molar-refractivity contribution in [2.24, 2.45) is 0 Å². The first-order valence-corrected chi connectivity index (χ1v) is 10.9. The van der Waals surface area contributed by atoms with Gasteiger partial charge in [-0.1, -0.05) is 25.1 Å². The highest BCUT2D eigenvalue weighted by atomic mass is 16.5. The van der Waals surface area contributed by atoms with Gasteiger partial charge in [-0.15, -0.1) is 0 Å². The van der Waals surface area contributed by atoms with E-state index in [4.69, 9.17) is 19.0 Å². The van der Waals surface area contributed by atoms with E-state index in [-0.39, 0.29) is 5.91 Å². The first kappa shape index (κ1) is 22.2. The third-order valence-corrected chi connectivity index (χ3v) is 5.27. The monoisotopic (exact) mass is 445 g/mol. The molecule has 2 aromatic carbocycles. The molecule has 7 nitrogen and oxygen atoms in total. The van der Waals surface area contributed by atoms with Gasteiger partial charge in [0.25, 0.3) is 5.91 Å². The largest absolute Gasteiger partial charge is 0.497 e. The highest BCUT2D eigenvalue weighted by Crippen LogP contribution is 2.32. The molecular weight excluding hydrogens is 418 g/mol. The average molecular weight is 446 g/mol. The number of hydrogen-bond acceptors (Lipinski definition) is 5. The fraction of sp³-hybridized carbons (Fsp3) is 0.231. The highest BCUT2D eigenvalue weighted by Gasteiger charge is 2.25. The van der Waals surface area contributed by atoms with Gasteiger partial charge in [0.2, 0.25) is 5.88 Å². The molecule has 0 saturated carbocycles. The van der Waals surface area contributed by atoms with Crippen LogP contribution in [0.3, 0.4) is 0 Å². The lowest BCUT2D eigenvalue weighted by Crippen LogP contribution is -2.31. The zero-order valence-electron chi connectivity index (χ0n) is 19.0. The number of aryl methyl sites for hydroxylation is 1. The molecule has 0 aliphatic rings. The topological polar surface area (TPSA) is 69.7 Å². The molecule has 7 heteroatoms. The van der Waals surface area contributed by atoms with E-state index in [2.05, 4.69) is 0 Å². The molecule has 33 heavy (non-hydrogen) atoms. The zero-order valence-corrected chi connectivity index (χ0v) is 19.0. The van der Waals surface area contributed by atoms with Gasteiger partial charge in [0, 0.05) is 6.54 Å². The van der Waals surface area contributed by atoms with Crippen molar-refractivity contribution in [1.82, 2.24) is 14.7 Å². The predicted molar refractivity (Wildman–Crippen MR) is 125 cm³/mol. The smallest absolute Gasteiger partial charge is 0.289 e. The van der Waals surface area contributed by atoms with Crippen molar-refractivity contribution in [3.8, 4) is 23.1 Å². The van der Waals surface area contributed by atoms with Crippen LogP contribution in [0.4, 0.5) is 0 Å². The summed E-state index contributed by atoms with van der Waals surface area (Å²) in [6, 6.07) is 20.6. The lowest BCUT2D eigenvalue weighted by atomic mass is 10.2. The van der Waals surface area contributed by atoms with Crippen molar-refractivity contribution >= 4 is 5.91 Å². The van der Waals surface area contributed by atoms with Crippen molar-refractivity contribution in [3.05, 3.63) is 90.0 Å². The molecule has 0 saturated heterocycles. The van der Waals surface area contributed by atoms with Crippen LogP contribution in [0, 0.1) is 6.92 Å². The summed E-state index contributed by atoms with van der Waals surface area (Å²) < 4.78 is 18.7. The quantitative estimate of drug-likeness (QED) is 0.334. The second-order valence-corrected chi connectivity index (χ2v) is 7.60. The molecule has 0 unspecified atom stereocenters. The molecule has 0 atom stereocenters. The Labute approximate surface area is 193 Å². The lowest BCUT2D eigenvalue weighted by molar-refractivity contribution is 0.0710. The van der Waals surface area contributed by atoms with Gasteiger partial charge >= 0.3 is 0 Å². The molecule has 0 fully saturated rings. The minimum atomic E-state index is -0.163. The number of nitrogens with zero attached hydrogens (tertiary/aromatic N) is 3. The van der Waals surface area contributed by atoms with Crippen molar-refractivity contribution in [2.45, 2.75) is 26.8 Å². The van der Waals surface area contributed by atoms with E-state index in [1.165, 1.54) is 6.26 Å². The molecule has 170 valence electrons. The van der Waals surface area contributed by atoms with Gasteiger partial charge in [0.05, 0.1) is 36.9 Å². The third-order valence-electron chi connectivity index (χ3n) is 5.27. The zero-order chi connectivity index (χ0) is 23.2. The summed E-state index contributed by atoms with van der Waals surface area (Å²) in [4.78, 5) is 14.8. The number of carbonyl (C=O) groups excluding carboxylic acids is 1. The van der Waals surface area contributed by atoms with E-state index < -0.39 is 0 Å². The molecular formula is C26H27N3O4. The number of ether oxygens (including phenoxy) is 2. The molecule has 2 heterocycles. The van der Waals surface area contributed by atoms with E-state index in [0.29, 0.717) is 30.5 Å². The van der Waals surface area contributed by atoms with Gasteiger partial charge in [0.15, 0.2) is 5.76 Å². The Bertz CT molecular complexity index is 1180. The molecule has 2 aromatic heterocycles. The second-order valence-electron chi connectivity index (χ2n) is 7.60. The number of methoxy groups -OCH3 is 1. The maximum atomic E-state index is 13.1. The summed E-state index contributed by atoms with van der Waals surface area (Å²) in [5, 5.41) is 4.75. The number of hydrogen-bond donors (Lipinski definition) is 0. The minimum absolute atomic E-state index is 0.163. The van der Waals surface area contributed by atoms with Gasteiger partial charge in [-0.05, 0) is 61.9 Å². The Morgan fingerprint density at radius 3 is 2.39 bits per heavy atom. The van der Waals surface area contributed by atoms with E-state index in [9.17, 15) is 4.79 Å². The Hall–Kier alpha value is -4.00. The first-order chi connectivity index (χ1) is 16.1. The van der Waals surface area contributed by atoms with Crippen LogP contribution < -0.4 is 9.47 Å². The number of carbonyl (C=O) groups is 1. The van der Waals surface area contributed by atoms with Crippen LogP contribution in [0.25, 0.3) is 5.69 Å². The van der Waals surface area contributed by atoms with E-state index in [0.717, 1.165) is 29.1 Å². The summed E-state index contributed by atoms with van der Waals surface area (Å²) in [7, 11) is 1.63. The predicted octanol–water partition coefficient (Wildman–Crippen LogP) is 5.63.